The Labute approximate surface area is 212 Å². The third-order valence-electron chi connectivity index (χ3n) is 4.88. The molecule has 2 aromatic carbocycles. The number of hydrogen-bond donors (Lipinski definition) is 1. The fourth-order valence-electron chi connectivity index (χ4n) is 3.28. The first-order valence-corrected chi connectivity index (χ1v) is 13.4. The molecule has 0 radical (unpaired) electrons. The lowest BCUT2D eigenvalue weighted by Gasteiger charge is -2.34. The molecular formula is C24H32Cl2N2O5S. The molecule has 0 aliphatic rings. The lowest BCUT2D eigenvalue weighted by atomic mass is 9.84. The van der Waals surface area contributed by atoms with Crippen LogP contribution in [-0.2, 0) is 30.9 Å². The molecule has 0 aliphatic carbocycles. The number of nitrogens with zero attached hydrogens (tertiary/aromatic N) is 1. The zero-order valence-electron chi connectivity index (χ0n) is 20.1. The summed E-state index contributed by atoms with van der Waals surface area (Å²) in [6.45, 7) is 8.17. The highest BCUT2D eigenvalue weighted by Gasteiger charge is 2.27. The molecule has 1 amide bonds. The van der Waals surface area contributed by atoms with Crippen LogP contribution in [0, 0.1) is 0 Å². The smallest absolute Gasteiger partial charge is 0.264 e. The fourth-order valence-corrected chi connectivity index (χ4v) is 3.96. The van der Waals surface area contributed by atoms with E-state index in [0.717, 1.165) is 17.4 Å². The van der Waals surface area contributed by atoms with E-state index in [2.05, 4.69) is 5.43 Å². The Morgan fingerprint density at radius 1 is 1.12 bits per heavy atom. The van der Waals surface area contributed by atoms with Gasteiger partial charge >= 0.3 is 0 Å². The molecule has 0 spiro atoms. The molecule has 0 bridgehead atoms. The maximum atomic E-state index is 13.3. The van der Waals surface area contributed by atoms with Crippen LogP contribution in [0.1, 0.15) is 38.8 Å². The second kappa shape index (κ2) is 12.2. The Morgan fingerprint density at radius 3 is 2.44 bits per heavy atom. The van der Waals surface area contributed by atoms with Gasteiger partial charge in [-0.2, -0.15) is 8.42 Å². The van der Waals surface area contributed by atoms with Crippen LogP contribution < -0.4 is 10.2 Å². The third-order valence-corrected chi connectivity index (χ3v) is 6.22. The number of carbonyl (C=O) groups is 1. The summed E-state index contributed by atoms with van der Waals surface area (Å²) >= 11 is 12.3. The molecule has 188 valence electrons. The highest BCUT2D eigenvalue weighted by molar-refractivity contribution is 7.85. The van der Waals surface area contributed by atoms with Crippen molar-refractivity contribution in [2.75, 3.05) is 26.0 Å². The van der Waals surface area contributed by atoms with Gasteiger partial charge in [-0.15, -0.1) is 0 Å². The van der Waals surface area contributed by atoms with Gasteiger partial charge in [0.15, 0.2) is 0 Å². The summed E-state index contributed by atoms with van der Waals surface area (Å²) in [6, 6.07) is 12.8. The van der Waals surface area contributed by atoms with Crippen molar-refractivity contribution >= 4 is 39.2 Å². The van der Waals surface area contributed by atoms with Gasteiger partial charge < -0.3 is 4.74 Å². The molecule has 0 heterocycles. The van der Waals surface area contributed by atoms with Crippen molar-refractivity contribution < 1.29 is 22.1 Å². The van der Waals surface area contributed by atoms with Crippen LogP contribution in [0.5, 0.6) is 5.75 Å². The van der Waals surface area contributed by atoms with Crippen LogP contribution in [0.25, 0.3) is 0 Å². The number of nitrogens with one attached hydrogen (secondary N) is 1. The second-order valence-corrected chi connectivity index (χ2v) is 11.4. The number of amides is 1. The van der Waals surface area contributed by atoms with Gasteiger partial charge in [0.2, 0.25) is 5.91 Å². The van der Waals surface area contributed by atoms with Crippen molar-refractivity contribution in [1.82, 2.24) is 10.4 Å². The zero-order chi connectivity index (χ0) is 25.5. The molecule has 2 rings (SSSR count). The summed E-state index contributed by atoms with van der Waals surface area (Å²) in [6.07, 6.45) is 1.13. The van der Waals surface area contributed by atoms with E-state index in [0.29, 0.717) is 22.3 Å². The third kappa shape index (κ3) is 9.43. The maximum Gasteiger partial charge on any atom is 0.264 e. The van der Waals surface area contributed by atoms with Crippen LogP contribution in [0.2, 0.25) is 10.0 Å². The van der Waals surface area contributed by atoms with Gasteiger partial charge in [-0.1, -0.05) is 55.2 Å². The lowest BCUT2D eigenvalue weighted by Crippen LogP contribution is -2.50. The number of rotatable bonds is 12. The van der Waals surface area contributed by atoms with Crippen molar-refractivity contribution in [2.45, 2.75) is 45.6 Å². The molecule has 0 aromatic heterocycles. The Morgan fingerprint density at radius 2 is 1.82 bits per heavy atom. The van der Waals surface area contributed by atoms with Crippen molar-refractivity contribution in [3.8, 4) is 5.75 Å². The van der Waals surface area contributed by atoms with Gasteiger partial charge in [0.25, 0.3) is 10.1 Å². The summed E-state index contributed by atoms with van der Waals surface area (Å²) < 4.78 is 33.1. The fraction of sp³-hybridized carbons (Fsp3) is 0.458. The topological polar surface area (TPSA) is 84.9 Å². The molecule has 2 aromatic rings. The largest absolute Gasteiger partial charge is 0.491 e. The van der Waals surface area contributed by atoms with Crippen molar-refractivity contribution in [2.24, 2.45) is 0 Å². The first-order valence-electron chi connectivity index (χ1n) is 10.9. The van der Waals surface area contributed by atoms with E-state index in [1.54, 1.807) is 12.1 Å². The minimum absolute atomic E-state index is 0.0194. The summed E-state index contributed by atoms with van der Waals surface area (Å²) in [4.78, 5) is 13.3. The van der Waals surface area contributed by atoms with Crippen LogP contribution >= 0.6 is 23.2 Å². The predicted molar refractivity (Wildman–Crippen MR) is 136 cm³/mol. The number of ether oxygens (including phenoxy) is 1. The van der Waals surface area contributed by atoms with Gasteiger partial charge in [0, 0.05) is 18.5 Å². The molecule has 0 saturated carbocycles. The molecule has 0 fully saturated rings. The molecule has 0 unspecified atom stereocenters. The molecule has 10 heteroatoms. The lowest BCUT2D eigenvalue weighted by molar-refractivity contribution is -0.134. The second-order valence-electron chi connectivity index (χ2n) is 8.92. The van der Waals surface area contributed by atoms with Crippen LogP contribution in [0.4, 0.5) is 0 Å². The number of halogens is 2. The van der Waals surface area contributed by atoms with Gasteiger partial charge in [0.1, 0.15) is 5.75 Å². The van der Waals surface area contributed by atoms with Gasteiger partial charge in [-0.3, -0.25) is 14.0 Å². The number of carbonyl (C=O) groups excluding carboxylic acids is 1. The van der Waals surface area contributed by atoms with Crippen molar-refractivity contribution in [1.29, 1.82) is 0 Å². The summed E-state index contributed by atoms with van der Waals surface area (Å²) in [5.74, 6) is 0.506. The summed E-state index contributed by atoms with van der Waals surface area (Å²) in [5.41, 5.74) is 4.23. The van der Waals surface area contributed by atoms with Crippen LogP contribution in [-0.4, -0.2) is 51.4 Å². The molecule has 1 N–H and O–H groups in total. The van der Waals surface area contributed by atoms with Gasteiger partial charge in [-0.05, 0) is 49.2 Å². The van der Waals surface area contributed by atoms with E-state index in [4.69, 9.17) is 32.1 Å². The summed E-state index contributed by atoms with van der Waals surface area (Å²) in [7, 11) is -3.58. The average molecular weight is 532 g/mol. The predicted octanol–water partition coefficient (Wildman–Crippen LogP) is 4.61. The highest BCUT2D eigenvalue weighted by atomic mass is 35.5. The van der Waals surface area contributed by atoms with E-state index in [-0.39, 0.29) is 31.6 Å². The van der Waals surface area contributed by atoms with Crippen molar-refractivity contribution in [3.63, 3.8) is 0 Å². The quantitative estimate of drug-likeness (QED) is 0.245. The minimum Gasteiger partial charge on any atom is -0.491 e. The molecular weight excluding hydrogens is 499 g/mol. The van der Waals surface area contributed by atoms with E-state index >= 15 is 0 Å². The normalized spacial score (nSPS) is 12.1. The van der Waals surface area contributed by atoms with Crippen LogP contribution in [0.3, 0.4) is 0 Å². The minimum atomic E-state index is -3.58. The standard InChI is InChI=1S/C24H32Cl2N2O5S/c1-17(2)33-20-8-6-7-18(13-20)14-23(29)28(27-11-12-32-34(5,30)31)16-24(3,4)19-9-10-21(25)22(26)15-19/h6-10,13,15,17,27H,11-12,14,16H2,1-5H3. The van der Waals surface area contributed by atoms with Gasteiger partial charge in [0.05, 0.1) is 35.4 Å². The molecule has 0 atom stereocenters. The molecule has 0 aliphatic heterocycles. The Bertz CT molecular complexity index is 1090. The Hall–Kier alpha value is -1.84. The average Bonchev–Trinajstić information content (AvgIpc) is 2.71. The van der Waals surface area contributed by atoms with E-state index in [1.165, 1.54) is 5.01 Å². The van der Waals surface area contributed by atoms with E-state index < -0.39 is 15.5 Å². The van der Waals surface area contributed by atoms with Crippen molar-refractivity contribution in [3.05, 3.63) is 63.6 Å². The van der Waals surface area contributed by atoms with Crippen LogP contribution in [0.15, 0.2) is 42.5 Å². The molecule has 34 heavy (non-hydrogen) atoms. The molecule has 7 nitrogen and oxygen atoms in total. The first kappa shape index (κ1) is 28.4. The SMILES string of the molecule is CC(C)Oc1cccc(CC(=O)N(CC(C)(C)c2ccc(Cl)c(Cl)c2)NCCOS(C)(=O)=O)c1. The van der Waals surface area contributed by atoms with E-state index in [9.17, 15) is 13.2 Å². The van der Waals surface area contributed by atoms with Gasteiger partial charge in [-0.25, -0.2) is 5.43 Å². The number of hydrazine groups is 1. The molecule has 0 saturated heterocycles. The highest BCUT2D eigenvalue weighted by Crippen LogP contribution is 2.30. The monoisotopic (exact) mass is 530 g/mol. The number of hydrogen-bond acceptors (Lipinski definition) is 6. The van der Waals surface area contributed by atoms with E-state index in [1.807, 2.05) is 58.0 Å². The zero-order valence-corrected chi connectivity index (χ0v) is 22.4. The summed E-state index contributed by atoms with van der Waals surface area (Å²) in [5, 5.41) is 2.37. The Balaban J connectivity index is 2.20. The first-order chi connectivity index (χ1) is 15.8. The maximum absolute atomic E-state index is 13.3. The number of benzene rings is 2. The Kier molecular flexibility index (Phi) is 10.2.